The summed E-state index contributed by atoms with van der Waals surface area (Å²) in [6.45, 7) is 0. The number of nitrogens with zero attached hydrogens (tertiary/aromatic N) is 2. The van der Waals surface area contributed by atoms with E-state index in [1.807, 2.05) is 18.2 Å². The van der Waals surface area contributed by atoms with Gasteiger partial charge in [-0.25, -0.2) is 4.98 Å². The molecule has 2 aromatic carbocycles. The molecule has 110 valence electrons. The number of hydrogen-bond donors (Lipinski definition) is 2. The van der Waals surface area contributed by atoms with Gasteiger partial charge in [-0.1, -0.05) is 0 Å². The van der Waals surface area contributed by atoms with Crippen LogP contribution < -0.4 is 10.6 Å². The van der Waals surface area contributed by atoms with Gasteiger partial charge in [0.15, 0.2) is 5.11 Å². The average molecular weight is 330 g/mol. The molecule has 3 aromatic rings. The summed E-state index contributed by atoms with van der Waals surface area (Å²) in [6, 6.07) is 11.9. The highest BCUT2D eigenvalue weighted by molar-refractivity contribution is 7.80. The van der Waals surface area contributed by atoms with E-state index in [0.717, 1.165) is 15.9 Å². The van der Waals surface area contributed by atoms with Crippen molar-refractivity contribution in [2.24, 2.45) is 0 Å². The maximum Gasteiger partial charge on any atom is 0.269 e. The van der Waals surface area contributed by atoms with E-state index >= 15 is 0 Å². The SMILES string of the molecule is O=[N+]([O-])c1ccc(NC(=S)Nc2ccc3ncsc3c2)cc1. The van der Waals surface area contributed by atoms with Crippen LogP contribution >= 0.6 is 23.6 Å². The first-order chi connectivity index (χ1) is 10.6. The normalized spacial score (nSPS) is 10.4. The molecule has 0 saturated carbocycles. The van der Waals surface area contributed by atoms with E-state index in [4.69, 9.17) is 12.2 Å². The second-order valence-corrected chi connectivity index (χ2v) is 5.71. The fourth-order valence-corrected chi connectivity index (χ4v) is 2.84. The van der Waals surface area contributed by atoms with Gasteiger partial charge in [-0.05, 0) is 42.5 Å². The highest BCUT2D eigenvalue weighted by atomic mass is 32.1. The number of non-ortho nitro benzene ring substituents is 1. The Hall–Kier alpha value is -2.58. The second kappa shape index (κ2) is 6.04. The van der Waals surface area contributed by atoms with Gasteiger partial charge in [-0.15, -0.1) is 11.3 Å². The fourth-order valence-electron chi connectivity index (χ4n) is 1.89. The second-order valence-electron chi connectivity index (χ2n) is 4.42. The summed E-state index contributed by atoms with van der Waals surface area (Å²) < 4.78 is 1.07. The number of nitro benzene ring substituents is 1. The molecule has 0 fully saturated rings. The summed E-state index contributed by atoms with van der Waals surface area (Å²) in [5.74, 6) is 0. The maximum absolute atomic E-state index is 10.6. The fraction of sp³-hybridized carbons (Fsp3) is 0. The molecule has 3 rings (SSSR count). The Morgan fingerprint density at radius 3 is 2.55 bits per heavy atom. The molecular weight excluding hydrogens is 320 g/mol. The number of thiocarbonyl (C=S) groups is 1. The molecule has 1 heterocycles. The molecule has 0 bridgehead atoms. The summed E-state index contributed by atoms with van der Waals surface area (Å²) in [6.07, 6.45) is 0. The van der Waals surface area contributed by atoms with Crippen LogP contribution in [0, 0.1) is 10.1 Å². The van der Waals surface area contributed by atoms with Crippen LogP contribution in [0.5, 0.6) is 0 Å². The van der Waals surface area contributed by atoms with Gasteiger partial charge in [0.2, 0.25) is 0 Å². The molecule has 0 aliphatic carbocycles. The largest absolute Gasteiger partial charge is 0.332 e. The standard InChI is InChI=1S/C14H10N4O2S2/c19-18(20)11-4-1-9(2-5-11)16-14(21)17-10-3-6-12-13(7-10)22-8-15-12/h1-8H,(H2,16,17,21). The Kier molecular flexibility index (Phi) is 3.94. The minimum atomic E-state index is -0.440. The molecule has 0 aliphatic rings. The van der Waals surface area contributed by atoms with Crippen molar-refractivity contribution in [2.75, 3.05) is 10.6 Å². The lowest BCUT2D eigenvalue weighted by molar-refractivity contribution is -0.384. The minimum Gasteiger partial charge on any atom is -0.332 e. The summed E-state index contributed by atoms with van der Waals surface area (Å²) in [4.78, 5) is 14.4. The van der Waals surface area contributed by atoms with Gasteiger partial charge in [-0.3, -0.25) is 10.1 Å². The number of nitrogens with one attached hydrogen (secondary N) is 2. The number of aromatic nitrogens is 1. The van der Waals surface area contributed by atoms with E-state index in [9.17, 15) is 10.1 Å². The number of nitro groups is 1. The number of fused-ring (bicyclic) bond motifs is 1. The smallest absolute Gasteiger partial charge is 0.269 e. The predicted octanol–water partition coefficient (Wildman–Crippen LogP) is 4.01. The van der Waals surface area contributed by atoms with Crippen LogP contribution in [-0.2, 0) is 0 Å². The summed E-state index contributed by atoms with van der Waals surface area (Å²) in [7, 11) is 0. The van der Waals surface area contributed by atoms with Crippen molar-refractivity contribution in [3.63, 3.8) is 0 Å². The first-order valence-electron chi connectivity index (χ1n) is 6.27. The molecule has 0 saturated heterocycles. The summed E-state index contributed by atoms with van der Waals surface area (Å²) >= 11 is 6.79. The van der Waals surface area contributed by atoms with Gasteiger partial charge in [0, 0.05) is 23.5 Å². The molecule has 1 aromatic heterocycles. The lowest BCUT2D eigenvalue weighted by Crippen LogP contribution is -2.18. The third-order valence-electron chi connectivity index (χ3n) is 2.93. The number of rotatable bonds is 3. The molecule has 0 unspecified atom stereocenters. The van der Waals surface area contributed by atoms with Crippen LogP contribution in [0.1, 0.15) is 0 Å². The first kappa shape index (κ1) is 14.4. The Labute approximate surface area is 135 Å². The molecule has 0 atom stereocenters. The van der Waals surface area contributed by atoms with Gasteiger partial charge in [-0.2, -0.15) is 0 Å². The lowest BCUT2D eigenvalue weighted by Gasteiger charge is -2.10. The summed E-state index contributed by atoms with van der Waals surface area (Å²) in [5, 5.41) is 17.1. The highest BCUT2D eigenvalue weighted by Gasteiger charge is 2.05. The Morgan fingerprint density at radius 1 is 1.14 bits per heavy atom. The molecule has 0 aliphatic heterocycles. The molecule has 8 heteroatoms. The average Bonchev–Trinajstić information content (AvgIpc) is 2.95. The zero-order chi connectivity index (χ0) is 15.5. The zero-order valence-corrected chi connectivity index (χ0v) is 12.8. The quantitative estimate of drug-likeness (QED) is 0.429. The van der Waals surface area contributed by atoms with Crippen LogP contribution in [0.4, 0.5) is 17.1 Å². The van der Waals surface area contributed by atoms with Crippen molar-refractivity contribution in [3.05, 3.63) is 58.1 Å². The third-order valence-corrected chi connectivity index (χ3v) is 3.92. The highest BCUT2D eigenvalue weighted by Crippen LogP contribution is 2.22. The van der Waals surface area contributed by atoms with Gasteiger partial charge in [0.05, 0.1) is 20.7 Å². The zero-order valence-electron chi connectivity index (χ0n) is 11.1. The molecule has 0 spiro atoms. The Morgan fingerprint density at radius 2 is 1.82 bits per heavy atom. The minimum absolute atomic E-state index is 0.0417. The van der Waals surface area contributed by atoms with Gasteiger partial charge < -0.3 is 10.6 Å². The number of hydrogen-bond acceptors (Lipinski definition) is 5. The molecule has 0 radical (unpaired) electrons. The van der Waals surface area contributed by atoms with Crippen molar-refractivity contribution >= 4 is 55.9 Å². The van der Waals surface area contributed by atoms with Crippen molar-refractivity contribution in [3.8, 4) is 0 Å². The predicted molar refractivity (Wildman–Crippen MR) is 92.6 cm³/mol. The lowest BCUT2D eigenvalue weighted by atomic mass is 10.3. The van der Waals surface area contributed by atoms with Crippen LogP contribution in [0.25, 0.3) is 10.2 Å². The van der Waals surface area contributed by atoms with Crippen LogP contribution in [0.2, 0.25) is 0 Å². The van der Waals surface area contributed by atoms with E-state index in [1.165, 1.54) is 12.1 Å². The van der Waals surface area contributed by atoms with E-state index < -0.39 is 4.92 Å². The Bertz CT molecular complexity index is 845. The van der Waals surface area contributed by atoms with Gasteiger partial charge >= 0.3 is 0 Å². The molecule has 0 amide bonds. The van der Waals surface area contributed by atoms with Gasteiger partial charge in [0.25, 0.3) is 5.69 Å². The third kappa shape index (κ3) is 3.18. The van der Waals surface area contributed by atoms with E-state index in [0.29, 0.717) is 10.8 Å². The van der Waals surface area contributed by atoms with Crippen molar-refractivity contribution in [1.29, 1.82) is 0 Å². The van der Waals surface area contributed by atoms with Gasteiger partial charge in [0.1, 0.15) is 0 Å². The Balaban J connectivity index is 1.67. The van der Waals surface area contributed by atoms with Crippen LogP contribution in [-0.4, -0.2) is 15.0 Å². The van der Waals surface area contributed by atoms with Crippen molar-refractivity contribution in [2.45, 2.75) is 0 Å². The molecular formula is C14H10N4O2S2. The molecule has 2 N–H and O–H groups in total. The topological polar surface area (TPSA) is 80.1 Å². The number of anilines is 2. The van der Waals surface area contributed by atoms with Crippen molar-refractivity contribution in [1.82, 2.24) is 4.98 Å². The van der Waals surface area contributed by atoms with Crippen LogP contribution in [0.3, 0.4) is 0 Å². The molecule has 6 nitrogen and oxygen atoms in total. The van der Waals surface area contributed by atoms with Crippen molar-refractivity contribution < 1.29 is 4.92 Å². The molecule has 22 heavy (non-hydrogen) atoms. The monoisotopic (exact) mass is 330 g/mol. The van der Waals surface area contributed by atoms with E-state index in [2.05, 4.69) is 15.6 Å². The summed E-state index contributed by atoms with van der Waals surface area (Å²) in [5.41, 5.74) is 4.32. The first-order valence-corrected chi connectivity index (χ1v) is 7.56. The van der Waals surface area contributed by atoms with E-state index in [-0.39, 0.29) is 5.69 Å². The maximum atomic E-state index is 10.6. The van der Waals surface area contributed by atoms with E-state index in [1.54, 1.807) is 29.0 Å². The number of benzene rings is 2. The van der Waals surface area contributed by atoms with Crippen LogP contribution in [0.15, 0.2) is 48.0 Å². The number of thiazole rings is 1.